The smallest absolute Gasteiger partial charge is 0.331 e. The van der Waals surface area contributed by atoms with E-state index in [2.05, 4.69) is 6.92 Å². The molecule has 3 saturated heterocycles. The lowest BCUT2D eigenvalue weighted by atomic mass is 9.42. The van der Waals surface area contributed by atoms with Crippen LogP contribution in [0.3, 0.4) is 0 Å². The van der Waals surface area contributed by atoms with Gasteiger partial charge in [0.1, 0.15) is 24.9 Å². The molecule has 1 unspecified atom stereocenters. The van der Waals surface area contributed by atoms with Crippen LogP contribution < -0.4 is 0 Å². The van der Waals surface area contributed by atoms with Crippen LogP contribution in [-0.4, -0.2) is 137 Å². The molecular formula is C42H66O14. The molecule has 0 bridgehead atoms. The average molecular weight is 795 g/mol. The number of esters is 1. The van der Waals surface area contributed by atoms with Gasteiger partial charge in [0.2, 0.25) is 0 Å². The molecule has 21 atom stereocenters. The molecule has 14 heteroatoms. The summed E-state index contributed by atoms with van der Waals surface area (Å²) in [6.07, 6.45) is -0.0154. The molecule has 0 spiro atoms. The van der Waals surface area contributed by atoms with Crippen molar-refractivity contribution in [2.24, 2.45) is 34.5 Å². The van der Waals surface area contributed by atoms with Gasteiger partial charge in [-0.05, 0) is 107 Å². The summed E-state index contributed by atoms with van der Waals surface area (Å²) in [7, 11) is 1.53. The molecular weight excluding hydrogens is 728 g/mol. The van der Waals surface area contributed by atoms with E-state index in [0.717, 1.165) is 44.1 Å². The number of aliphatic hydroxyl groups is 5. The number of hydrogen-bond acceptors (Lipinski definition) is 14. The van der Waals surface area contributed by atoms with Crippen molar-refractivity contribution in [3.8, 4) is 0 Å². The van der Waals surface area contributed by atoms with E-state index in [1.54, 1.807) is 13.0 Å². The largest absolute Gasteiger partial charge is 0.458 e. The highest BCUT2D eigenvalue weighted by Crippen LogP contribution is 2.70. The van der Waals surface area contributed by atoms with Crippen LogP contribution in [0.4, 0.5) is 0 Å². The Morgan fingerprint density at radius 3 is 1.80 bits per heavy atom. The first-order valence-electron chi connectivity index (χ1n) is 21.3. The topological polar surface area (TPSA) is 192 Å². The maximum absolute atomic E-state index is 12.6. The second-order valence-electron chi connectivity index (χ2n) is 19.0. The Bertz CT molecular complexity index is 1430. The summed E-state index contributed by atoms with van der Waals surface area (Å²) in [5.41, 5.74) is -0.877. The molecule has 4 saturated carbocycles. The molecule has 0 radical (unpaired) electrons. The van der Waals surface area contributed by atoms with Crippen LogP contribution in [-0.2, 0) is 42.7 Å². The highest BCUT2D eigenvalue weighted by atomic mass is 16.7. The highest BCUT2D eigenvalue weighted by Gasteiger charge is 2.71. The summed E-state index contributed by atoms with van der Waals surface area (Å²) in [5, 5.41) is 57.3. The first kappa shape index (κ1) is 41.5. The Morgan fingerprint density at radius 1 is 0.696 bits per heavy atom. The molecule has 318 valence electrons. The van der Waals surface area contributed by atoms with E-state index < -0.39 is 84.8 Å². The van der Waals surface area contributed by atoms with Crippen molar-refractivity contribution in [1.82, 2.24) is 0 Å². The maximum Gasteiger partial charge on any atom is 0.331 e. The predicted molar refractivity (Wildman–Crippen MR) is 197 cm³/mol. The lowest BCUT2D eigenvalue weighted by Gasteiger charge is -2.65. The number of cyclic esters (lactones) is 1. The number of ether oxygens (including phenoxy) is 8. The Hall–Kier alpha value is -1.27. The SMILES string of the molecule is CO[C@H]1[C@@H](O)C[C@H](O[C@H]2[C@@H](O)C[C@H](O[C@H]3[C@@H](O)C[C@H](O[C@H]4CC[C@@]5(C)[C@H](CC[C@@H]6[C@@H]5C[C@@H](O)[C@]5(C)C(C7=CC(=O)OC7)CC[C@]65O)C4)O[C@@H]3C)O[C@@H]2C)O[C@@H]1C. The van der Waals surface area contributed by atoms with Crippen LogP contribution in [0.5, 0.6) is 0 Å². The third-order valence-electron chi connectivity index (χ3n) is 16.2. The van der Waals surface area contributed by atoms with Gasteiger partial charge in [-0.2, -0.15) is 0 Å². The van der Waals surface area contributed by atoms with E-state index in [1.807, 2.05) is 20.8 Å². The number of hydrogen-bond donors (Lipinski definition) is 5. The van der Waals surface area contributed by atoms with Gasteiger partial charge in [0.15, 0.2) is 18.9 Å². The van der Waals surface area contributed by atoms with E-state index in [1.165, 1.54) is 7.11 Å². The molecule has 0 aromatic carbocycles. The van der Waals surface area contributed by atoms with E-state index >= 15 is 0 Å². The standard InChI is InChI=1S/C42H66O14/c1-20-37(49-6)29(43)16-35(51-20)55-39-22(3)53-36(18-31(39)45)56-38-21(2)52-34(17-30(38)44)54-25-9-11-40(4)24(14-25)7-8-27-28(40)15-32(46)41(5)26(10-12-42(27,41)48)23-13-33(47)50-19-23/h13,20-22,24-32,34-39,43-46,48H,7-12,14-19H2,1-6H3/t20-,21-,22-,24-,25+,26?,27-,28+,29+,30+,31+,32-,34+,35+,36+,37-,38-,39-,40+,41+,42+/m1/s1. The Kier molecular flexibility index (Phi) is 11.6. The van der Waals surface area contributed by atoms with Gasteiger partial charge < -0.3 is 63.4 Å². The predicted octanol–water partition coefficient (Wildman–Crippen LogP) is 2.87. The van der Waals surface area contributed by atoms with Crippen molar-refractivity contribution < 1.29 is 68.2 Å². The third-order valence-corrected chi connectivity index (χ3v) is 16.2. The number of aliphatic hydroxyl groups excluding tert-OH is 4. The van der Waals surface area contributed by atoms with Crippen LogP contribution in [0.1, 0.15) is 105 Å². The molecule has 4 aliphatic heterocycles. The Labute approximate surface area is 330 Å². The minimum atomic E-state index is -1.01. The molecule has 4 heterocycles. The van der Waals surface area contributed by atoms with Crippen LogP contribution in [0.2, 0.25) is 0 Å². The summed E-state index contributed by atoms with van der Waals surface area (Å²) in [5.74, 6) is 0.223. The summed E-state index contributed by atoms with van der Waals surface area (Å²) in [6.45, 7) is 10.1. The Morgan fingerprint density at radius 2 is 1.27 bits per heavy atom. The summed E-state index contributed by atoms with van der Waals surface area (Å²) < 4.78 is 47.8. The van der Waals surface area contributed by atoms with E-state index in [-0.39, 0.29) is 67.2 Å². The molecule has 8 aliphatic rings. The molecule has 0 aromatic rings. The first-order valence-corrected chi connectivity index (χ1v) is 21.3. The molecule has 56 heavy (non-hydrogen) atoms. The minimum absolute atomic E-state index is 0.0386. The van der Waals surface area contributed by atoms with Crippen LogP contribution >= 0.6 is 0 Å². The molecule has 8 rings (SSSR count). The van der Waals surface area contributed by atoms with Crippen molar-refractivity contribution in [1.29, 1.82) is 0 Å². The van der Waals surface area contributed by atoms with Crippen LogP contribution in [0, 0.1) is 34.5 Å². The number of carbonyl (C=O) groups is 1. The average Bonchev–Trinajstić information content (AvgIpc) is 3.68. The molecule has 7 fully saturated rings. The van der Waals surface area contributed by atoms with Crippen molar-refractivity contribution in [3.63, 3.8) is 0 Å². The maximum atomic E-state index is 12.6. The fourth-order valence-electron chi connectivity index (χ4n) is 13.1. The number of methoxy groups -OCH3 is 1. The quantitative estimate of drug-likeness (QED) is 0.178. The number of fused-ring (bicyclic) bond motifs is 5. The van der Waals surface area contributed by atoms with Crippen molar-refractivity contribution in [2.75, 3.05) is 13.7 Å². The first-order chi connectivity index (χ1) is 26.5. The summed E-state index contributed by atoms with van der Waals surface area (Å²) >= 11 is 0. The zero-order valence-electron chi connectivity index (χ0n) is 33.9. The Balaban J connectivity index is 0.832. The fraction of sp³-hybridized carbons (Fsp3) is 0.929. The van der Waals surface area contributed by atoms with E-state index in [4.69, 9.17) is 37.9 Å². The molecule has 0 amide bonds. The number of rotatable bonds is 8. The van der Waals surface area contributed by atoms with Crippen LogP contribution in [0.15, 0.2) is 11.6 Å². The van der Waals surface area contributed by atoms with Crippen LogP contribution in [0.25, 0.3) is 0 Å². The zero-order chi connectivity index (χ0) is 39.9. The molecule has 0 aromatic heterocycles. The van der Waals surface area contributed by atoms with Gasteiger partial charge in [0, 0.05) is 37.9 Å². The van der Waals surface area contributed by atoms with Gasteiger partial charge in [-0.3, -0.25) is 0 Å². The molecule has 5 N–H and O–H groups in total. The minimum Gasteiger partial charge on any atom is -0.458 e. The lowest BCUT2D eigenvalue weighted by Crippen LogP contribution is -2.67. The van der Waals surface area contributed by atoms with Crippen molar-refractivity contribution >= 4 is 5.97 Å². The van der Waals surface area contributed by atoms with Gasteiger partial charge in [-0.15, -0.1) is 0 Å². The summed E-state index contributed by atoms with van der Waals surface area (Å²) in [6, 6.07) is 0. The van der Waals surface area contributed by atoms with E-state index in [9.17, 15) is 30.3 Å². The van der Waals surface area contributed by atoms with Gasteiger partial charge in [0.25, 0.3) is 0 Å². The summed E-state index contributed by atoms with van der Waals surface area (Å²) in [4.78, 5) is 12.0. The fourth-order valence-corrected chi connectivity index (χ4v) is 13.1. The van der Waals surface area contributed by atoms with Crippen molar-refractivity contribution in [2.45, 2.75) is 197 Å². The van der Waals surface area contributed by atoms with E-state index in [0.29, 0.717) is 18.8 Å². The second-order valence-corrected chi connectivity index (χ2v) is 19.0. The van der Waals surface area contributed by atoms with Crippen molar-refractivity contribution in [3.05, 3.63) is 11.6 Å². The lowest BCUT2D eigenvalue weighted by molar-refractivity contribution is -0.336. The second kappa shape index (κ2) is 15.6. The van der Waals surface area contributed by atoms with Gasteiger partial charge >= 0.3 is 5.97 Å². The normalized spacial score (nSPS) is 54.8. The number of carbonyl (C=O) groups excluding carboxylic acids is 1. The van der Waals surface area contributed by atoms with Gasteiger partial charge in [-0.25, -0.2) is 4.79 Å². The van der Waals surface area contributed by atoms with Gasteiger partial charge in [-0.1, -0.05) is 13.8 Å². The molecule has 14 nitrogen and oxygen atoms in total. The zero-order valence-corrected chi connectivity index (χ0v) is 33.9. The molecule has 4 aliphatic carbocycles. The highest BCUT2D eigenvalue weighted by molar-refractivity contribution is 5.85. The third kappa shape index (κ3) is 7.02. The monoisotopic (exact) mass is 794 g/mol. The van der Waals surface area contributed by atoms with Gasteiger partial charge in [0.05, 0.1) is 54.4 Å².